The Labute approximate surface area is 150 Å². The molecule has 1 unspecified atom stereocenters. The van der Waals surface area contributed by atoms with Crippen molar-refractivity contribution >= 4 is 16.9 Å². The highest BCUT2D eigenvalue weighted by Gasteiger charge is 2.26. The number of hydrogen-bond acceptors (Lipinski definition) is 6. The third kappa shape index (κ3) is 3.51. The maximum Gasteiger partial charge on any atom is 0.233 e. The van der Waals surface area contributed by atoms with Gasteiger partial charge in [-0.25, -0.2) is 0 Å². The lowest BCUT2D eigenvalue weighted by molar-refractivity contribution is -0.133. The molecule has 3 aromatic rings. The number of nitrogens with zero attached hydrogens (tertiary/aromatic N) is 4. The van der Waals surface area contributed by atoms with Crippen molar-refractivity contribution in [3.05, 3.63) is 47.8 Å². The summed E-state index contributed by atoms with van der Waals surface area (Å²) < 4.78 is 11.2. The van der Waals surface area contributed by atoms with Crippen LogP contribution in [0.5, 0.6) is 5.88 Å². The maximum atomic E-state index is 12.7. The Balaban J connectivity index is 1.40. The number of para-hydroxylation sites is 1. The standard InChI is InChI=1S/C19H20N4O3/c1-13-8-9-18(21-20-13)25-14-5-4-10-23(12-14)19(24)11-16-15-6-2-3-7-17(15)26-22-16/h2-3,6-9,14H,4-5,10-12H2,1H3. The van der Waals surface area contributed by atoms with E-state index in [0.717, 1.165) is 30.5 Å². The van der Waals surface area contributed by atoms with Crippen molar-refractivity contribution in [2.75, 3.05) is 13.1 Å². The lowest BCUT2D eigenvalue weighted by Gasteiger charge is -2.32. The fourth-order valence-electron chi connectivity index (χ4n) is 3.20. The van der Waals surface area contributed by atoms with Crippen molar-refractivity contribution in [3.63, 3.8) is 0 Å². The molecular weight excluding hydrogens is 332 g/mol. The Morgan fingerprint density at radius 3 is 3.00 bits per heavy atom. The number of rotatable bonds is 4. The van der Waals surface area contributed by atoms with Gasteiger partial charge in [0.25, 0.3) is 0 Å². The van der Waals surface area contributed by atoms with Crippen LogP contribution >= 0.6 is 0 Å². The average molecular weight is 352 g/mol. The highest BCUT2D eigenvalue weighted by atomic mass is 16.5. The van der Waals surface area contributed by atoms with Gasteiger partial charge in [-0.05, 0) is 38.0 Å². The van der Waals surface area contributed by atoms with E-state index in [0.29, 0.717) is 23.7 Å². The second-order valence-corrected chi connectivity index (χ2v) is 6.54. The van der Waals surface area contributed by atoms with Crippen molar-refractivity contribution < 1.29 is 14.1 Å². The quantitative estimate of drug-likeness (QED) is 0.718. The van der Waals surface area contributed by atoms with Crippen LogP contribution in [-0.4, -0.2) is 45.4 Å². The summed E-state index contributed by atoms with van der Waals surface area (Å²) in [5.74, 6) is 0.532. The van der Waals surface area contributed by atoms with Crippen molar-refractivity contribution in [3.8, 4) is 5.88 Å². The van der Waals surface area contributed by atoms with Gasteiger partial charge in [-0.2, -0.15) is 5.10 Å². The molecule has 0 aliphatic carbocycles. The molecule has 1 aromatic carbocycles. The monoisotopic (exact) mass is 352 g/mol. The fraction of sp³-hybridized carbons (Fsp3) is 0.368. The van der Waals surface area contributed by atoms with Gasteiger partial charge in [-0.1, -0.05) is 17.3 Å². The SMILES string of the molecule is Cc1ccc(OC2CCCN(C(=O)Cc3noc4ccccc34)C2)nn1. The molecule has 0 radical (unpaired) electrons. The van der Waals surface area contributed by atoms with Crippen molar-refractivity contribution in [2.45, 2.75) is 32.3 Å². The normalized spacial score (nSPS) is 17.4. The first-order valence-electron chi connectivity index (χ1n) is 8.77. The lowest BCUT2D eigenvalue weighted by atomic mass is 10.1. The Kier molecular flexibility index (Phi) is 4.51. The molecular formula is C19H20N4O3. The van der Waals surface area contributed by atoms with E-state index in [4.69, 9.17) is 9.26 Å². The summed E-state index contributed by atoms with van der Waals surface area (Å²) in [6, 6.07) is 11.3. The number of likely N-dealkylation sites (tertiary alicyclic amines) is 1. The van der Waals surface area contributed by atoms with Gasteiger partial charge < -0.3 is 14.2 Å². The number of carbonyl (C=O) groups excluding carboxylic acids is 1. The summed E-state index contributed by atoms with van der Waals surface area (Å²) in [5, 5.41) is 13.0. The Morgan fingerprint density at radius 1 is 1.27 bits per heavy atom. The zero-order valence-corrected chi connectivity index (χ0v) is 14.6. The van der Waals surface area contributed by atoms with E-state index in [1.165, 1.54) is 0 Å². The third-order valence-electron chi connectivity index (χ3n) is 4.56. The molecule has 7 nitrogen and oxygen atoms in total. The summed E-state index contributed by atoms with van der Waals surface area (Å²) >= 11 is 0. The molecule has 1 saturated heterocycles. The second-order valence-electron chi connectivity index (χ2n) is 6.54. The zero-order chi connectivity index (χ0) is 17.9. The molecule has 1 amide bonds. The van der Waals surface area contributed by atoms with E-state index in [1.54, 1.807) is 0 Å². The number of hydrogen-bond donors (Lipinski definition) is 0. The fourth-order valence-corrected chi connectivity index (χ4v) is 3.20. The Morgan fingerprint density at radius 2 is 2.15 bits per heavy atom. The second kappa shape index (κ2) is 7.11. The summed E-state index contributed by atoms with van der Waals surface area (Å²) in [4.78, 5) is 14.5. The van der Waals surface area contributed by atoms with Crippen LogP contribution in [0.15, 0.2) is 40.9 Å². The van der Waals surface area contributed by atoms with E-state index < -0.39 is 0 Å². The summed E-state index contributed by atoms with van der Waals surface area (Å²) in [5.41, 5.74) is 2.23. The van der Waals surface area contributed by atoms with Gasteiger partial charge in [0, 0.05) is 18.0 Å². The molecule has 0 saturated carbocycles. The lowest BCUT2D eigenvalue weighted by Crippen LogP contribution is -2.45. The summed E-state index contributed by atoms with van der Waals surface area (Å²) in [6.07, 6.45) is 1.95. The van der Waals surface area contributed by atoms with Crippen LogP contribution in [0, 0.1) is 6.92 Å². The molecule has 0 N–H and O–H groups in total. The summed E-state index contributed by atoms with van der Waals surface area (Å²) in [6.45, 7) is 3.16. The number of aromatic nitrogens is 3. The third-order valence-corrected chi connectivity index (χ3v) is 4.56. The molecule has 1 atom stereocenters. The molecule has 2 aromatic heterocycles. The maximum absolute atomic E-state index is 12.7. The van der Waals surface area contributed by atoms with Crippen LogP contribution in [-0.2, 0) is 11.2 Å². The van der Waals surface area contributed by atoms with Crippen LogP contribution < -0.4 is 4.74 Å². The number of carbonyl (C=O) groups is 1. The predicted octanol–water partition coefficient (Wildman–Crippen LogP) is 2.54. The molecule has 0 spiro atoms. The summed E-state index contributed by atoms with van der Waals surface area (Å²) in [7, 11) is 0. The number of aryl methyl sites for hydroxylation is 1. The molecule has 3 heterocycles. The van der Waals surface area contributed by atoms with Gasteiger partial charge in [0.05, 0.1) is 18.7 Å². The van der Waals surface area contributed by atoms with E-state index in [2.05, 4.69) is 15.4 Å². The average Bonchev–Trinajstić information content (AvgIpc) is 3.07. The van der Waals surface area contributed by atoms with E-state index >= 15 is 0 Å². The smallest absolute Gasteiger partial charge is 0.233 e. The van der Waals surface area contributed by atoms with Gasteiger partial charge in [-0.3, -0.25) is 4.79 Å². The van der Waals surface area contributed by atoms with Crippen LogP contribution in [0.4, 0.5) is 0 Å². The van der Waals surface area contributed by atoms with Crippen LogP contribution in [0.3, 0.4) is 0 Å². The minimum atomic E-state index is -0.0706. The van der Waals surface area contributed by atoms with E-state index in [9.17, 15) is 4.79 Å². The number of amides is 1. The Hall–Kier alpha value is -2.96. The topological polar surface area (TPSA) is 81.4 Å². The van der Waals surface area contributed by atoms with Gasteiger partial charge >= 0.3 is 0 Å². The van der Waals surface area contributed by atoms with Gasteiger partial charge in [-0.15, -0.1) is 5.10 Å². The molecule has 1 aliphatic heterocycles. The highest BCUT2D eigenvalue weighted by molar-refractivity contribution is 5.86. The van der Waals surface area contributed by atoms with Crippen LogP contribution in [0.1, 0.15) is 24.2 Å². The highest BCUT2D eigenvalue weighted by Crippen LogP contribution is 2.21. The molecule has 7 heteroatoms. The molecule has 134 valence electrons. The van der Waals surface area contributed by atoms with Crippen molar-refractivity contribution in [1.82, 2.24) is 20.3 Å². The predicted molar refractivity (Wildman–Crippen MR) is 94.7 cm³/mol. The molecule has 1 fully saturated rings. The number of fused-ring (bicyclic) bond motifs is 1. The minimum absolute atomic E-state index is 0.0346. The molecule has 4 rings (SSSR count). The van der Waals surface area contributed by atoms with Crippen molar-refractivity contribution in [1.29, 1.82) is 0 Å². The van der Waals surface area contributed by atoms with Crippen LogP contribution in [0.2, 0.25) is 0 Å². The minimum Gasteiger partial charge on any atom is -0.471 e. The molecule has 26 heavy (non-hydrogen) atoms. The first-order valence-corrected chi connectivity index (χ1v) is 8.77. The number of ether oxygens (including phenoxy) is 1. The van der Waals surface area contributed by atoms with Crippen molar-refractivity contribution in [2.24, 2.45) is 0 Å². The number of benzene rings is 1. The van der Waals surface area contributed by atoms with E-state index in [1.807, 2.05) is 48.2 Å². The zero-order valence-electron chi connectivity index (χ0n) is 14.6. The van der Waals surface area contributed by atoms with Gasteiger partial charge in [0.1, 0.15) is 11.8 Å². The van der Waals surface area contributed by atoms with Gasteiger partial charge in [0.15, 0.2) is 5.58 Å². The Bertz CT molecular complexity index is 907. The first-order chi connectivity index (χ1) is 12.7. The molecule has 1 aliphatic rings. The first kappa shape index (κ1) is 16.5. The number of piperidine rings is 1. The van der Waals surface area contributed by atoms with E-state index in [-0.39, 0.29) is 18.4 Å². The largest absolute Gasteiger partial charge is 0.471 e. The van der Waals surface area contributed by atoms with Crippen LogP contribution in [0.25, 0.3) is 11.0 Å². The molecule has 0 bridgehead atoms. The van der Waals surface area contributed by atoms with Gasteiger partial charge in [0.2, 0.25) is 11.8 Å².